The van der Waals surface area contributed by atoms with Crippen LogP contribution in [0.5, 0.6) is 0 Å². The maximum Gasteiger partial charge on any atom is 0.349 e. The van der Waals surface area contributed by atoms with Crippen molar-refractivity contribution in [3.05, 3.63) is 32.1 Å². The van der Waals surface area contributed by atoms with Crippen molar-refractivity contribution >= 4 is 0 Å². The Labute approximate surface area is 87.1 Å². The molecule has 0 bridgehead atoms. The van der Waals surface area contributed by atoms with Crippen LogP contribution in [-0.2, 0) is 19.4 Å². The summed E-state index contributed by atoms with van der Waals surface area (Å²) in [4.78, 5) is 23.7. The van der Waals surface area contributed by atoms with Crippen LogP contribution in [0.1, 0.15) is 31.0 Å². The highest BCUT2D eigenvalue weighted by atomic mass is 16.2. The number of nitrogens with two attached hydrogens (primary N) is 1. The first-order valence-electron chi connectivity index (χ1n) is 5.29. The van der Waals surface area contributed by atoms with Crippen LogP contribution in [-0.4, -0.2) is 9.24 Å². The summed E-state index contributed by atoms with van der Waals surface area (Å²) >= 11 is 0. The molecule has 5 heteroatoms. The molecule has 0 amide bonds. The standard InChI is InChI=1S/C10H15N3O2/c1-2-6-12-9(14)7-4-3-5-8(7)13(11)10(12)15/h2-6,11H2,1H3. The first-order chi connectivity index (χ1) is 7.16. The Morgan fingerprint density at radius 3 is 2.73 bits per heavy atom. The molecule has 0 saturated heterocycles. The van der Waals surface area contributed by atoms with Gasteiger partial charge in [0.2, 0.25) is 0 Å². The van der Waals surface area contributed by atoms with Gasteiger partial charge < -0.3 is 5.84 Å². The minimum Gasteiger partial charge on any atom is -0.335 e. The predicted octanol–water partition coefficient (Wildman–Crippen LogP) is -0.377. The van der Waals surface area contributed by atoms with Crippen molar-refractivity contribution in [2.45, 2.75) is 39.2 Å². The fourth-order valence-electron chi connectivity index (χ4n) is 2.14. The zero-order valence-corrected chi connectivity index (χ0v) is 8.82. The highest BCUT2D eigenvalue weighted by molar-refractivity contribution is 5.23. The normalized spacial score (nSPS) is 14.2. The molecule has 0 aromatic carbocycles. The number of hydrogen-bond donors (Lipinski definition) is 1. The molecule has 0 spiro atoms. The van der Waals surface area contributed by atoms with Crippen molar-refractivity contribution in [3.63, 3.8) is 0 Å². The zero-order valence-electron chi connectivity index (χ0n) is 8.82. The summed E-state index contributed by atoms with van der Waals surface area (Å²) in [6.07, 6.45) is 3.16. The Hall–Kier alpha value is -1.52. The fourth-order valence-corrected chi connectivity index (χ4v) is 2.14. The van der Waals surface area contributed by atoms with Crippen LogP contribution in [0.15, 0.2) is 9.59 Å². The van der Waals surface area contributed by atoms with E-state index in [-0.39, 0.29) is 11.2 Å². The first kappa shape index (κ1) is 10.0. The summed E-state index contributed by atoms with van der Waals surface area (Å²) in [7, 11) is 0. The highest BCUT2D eigenvalue weighted by Gasteiger charge is 2.21. The third-order valence-corrected chi connectivity index (χ3v) is 2.87. The Morgan fingerprint density at radius 2 is 2.07 bits per heavy atom. The van der Waals surface area contributed by atoms with E-state index in [1.165, 1.54) is 4.57 Å². The van der Waals surface area contributed by atoms with E-state index in [9.17, 15) is 9.59 Å². The van der Waals surface area contributed by atoms with Crippen LogP contribution >= 0.6 is 0 Å². The van der Waals surface area contributed by atoms with Gasteiger partial charge in [0.15, 0.2) is 0 Å². The van der Waals surface area contributed by atoms with Gasteiger partial charge in [-0.25, -0.2) is 9.47 Å². The second-order valence-electron chi connectivity index (χ2n) is 3.89. The lowest BCUT2D eigenvalue weighted by Gasteiger charge is -2.10. The van der Waals surface area contributed by atoms with Gasteiger partial charge in [-0.3, -0.25) is 9.36 Å². The van der Waals surface area contributed by atoms with E-state index in [0.717, 1.165) is 41.6 Å². The maximum absolute atomic E-state index is 11.9. The molecule has 1 heterocycles. The van der Waals surface area contributed by atoms with Gasteiger partial charge in [0.25, 0.3) is 5.56 Å². The van der Waals surface area contributed by atoms with Gasteiger partial charge in [0.1, 0.15) is 0 Å². The summed E-state index contributed by atoms with van der Waals surface area (Å²) < 4.78 is 2.38. The van der Waals surface area contributed by atoms with Crippen LogP contribution in [0.25, 0.3) is 0 Å². The van der Waals surface area contributed by atoms with Gasteiger partial charge >= 0.3 is 5.69 Å². The molecule has 0 saturated carbocycles. The summed E-state index contributed by atoms with van der Waals surface area (Å²) in [5, 5.41) is 0. The van der Waals surface area contributed by atoms with E-state index in [2.05, 4.69) is 0 Å². The minimum atomic E-state index is -0.387. The van der Waals surface area contributed by atoms with Crippen molar-refractivity contribution in [3.8, 4) is 0 Å². The molecular formula is C10H15N3O2. The quantitative estimate of drug-likeness (QED) is 0.675. The van der Waals surface area contributed by atoms with Crippen LogP contribution in [0.3, 0.4) is 0 Å². The molecule has 1 aromatic heterocycles. The molecule has 0 aliphatic heterocycles. The summed E-state index contributed by atoms with van der Waals surface area (Å²) in [5.41, 5.74) is 0.918. The second kappa shape index (κ2) is 3.56. The lowest BCUT2D eigenvalue weighted by atomic mass is 10.2. The number of rotatable bonds is 2. The topological polar surface area (TPSA) is 70.0 Å². The number of aromatic nitrogens is 2. The Bertz CT molecular complexity index is 499. The van der Waals surface area contributed by atoms with Crippen molar-refractivity contribution < 1.29 is 0 Å². The van der Waals surface area contributed by atoms with Gasteiger partial charge in [-0.05, 0) is 25.7 Å². The number of hydrogen-bond acceptors (Lipinski definition) is 3. The summed E-state index contributed by atoms with van der Waals surface area (Å²) in [6.45, 7) is 2.38. The van der Waals surface area contributed by atoms with E-state index < -0.39 is 0 Å². The highest BCUT2D eigenvalue weighted by Crippen LogP contribution is 2.15. The van der Waals surface area contributed by atoms with Gasteiger partial charge in [0.05, 0.1) is 5.69 Å². The van der Waals surface area contributed by atoms with Crippen LogP contribution < -0.4 is 17.1 Å². The molecular weight excluding hydrogens is 194 g/mol. The van der Waals surface area contributed by atoms with E-state index >= 15 is 0 Å². The van der Waals surface area contributed by atoms with Crippen molar-refractivity contribution in [2.24, 2.45) is 0 Å². The molecule has 0 radical (unpaired) electrons. The summed E-state index contributed by atoms with van der Waals surface area (Å²) in [5.74, 6) is 5.68. The Kier molecular flexibility index (Phi) is 2.38. The summed E-state index contributed by atoms with van der Waals surface area (Å²) in [6, 6.07) is 0. The Balaban J connectivity index is 2.74. The molecule has 1 aromatic rings. The SMILES string of the molecule is CCCn1c(=O)c2c(n(N)c1=O)CCC2. The van der Waals surface area contributed by atoms with Crippen molar-refractivity contribution in [2.75, 3.05) is 5.84 Å². The number of nitrogens with zero attached hydrogens (tertiary/aromatic N) is 2. The van der Waals surface area contributed by atoms with Gasteiger partial charge in [0, 0.05) is 12.1 Å². The first-order valence-corrected chi connectivity index (χ1v) is 5.29. The van der Waals surface area contributed by atoms with Gasteiger partial charge in [-0.1, -0.05) is 6.92 Å². The molecule has 1 aliphatic carbocycles. The fraction of sp³-hybridized carbons (Fsp3) is 0.600. The predicted molar refractivity (Wildman–Crippen MR) is 57.4 cm³/mol. The second-order valence-corrected chi connectivity index (χ2v) is 3.89. The maximum atomic E-state index is 11.9. The average Bonchev–Trinajstić information content (AvgIpc) is 2.70. The van der Waals surface area contributed by atoms with Crippen molar-refractivity contribution in [1.29, 1.82) is 0 Å². The van der Waals surface area contributed by atoms with E-state index in [1.807, 2.05) is 6.92 Å². The molecule has 0 unspecified atom stereocenters. The van der Waals surface area contributed by atoms with Crippen LogP contribution in [0.4, 0.5) is 0 Å². The molecule has 15 heavy (non-hydrogen) atoms. The molecule has 82 valence electrons. The van der Waals surface area contributed by atoms with Crippen molar-refractivity contribution in [1.82, 2.24) is 9.24 Å². The monoisotopic (exact) mass is 209 g/mol. The average molecular weight is 209 g/mol. The van der Waals surface area contributed by atoms with E-state index in [1.54, 1.807) is 0 Å². The van der Waals surface area contributed by atoms with E-state index in [4.69, 9.17) is 5.84 Å². The lowest BCUT2D eigenvalue weighted by Crippen LogP contribution is -2.45. The molecule has 2 rings (SSSR count). The Morgan fingerprint density at radius 1 is 1.33 bits per heavy atom. The largest absolute Gasteiger partial charge is 0.349 e. The van der Waals surface area contributed by atoms with Gasteiger partial charge in [-0.2, -0.15) is 0 Å². The molecule has 5 nitrogen and oxygen atoms in total. The molecule has 2 N–H and O–H groups in total. The molecule has 1 aliphatic rings. The van der Waals surface area contributed by atoms with Crippen LogP contribution in [0.2, 0.25) is 0 Å². The number of fused-ring (bicyclic) bond motifs is 1. The third-order valence-electron chi connectivity index (χ3n) is 2.87. The molecule has 0 atom stereocenters. The smallest absolute Gasteiger partial charge is 0.335 e. The minimum absolute atomic E-state index is 0.143. The third kappa shape index (κ3) is 1.38. The lowest BCUT2D eigenvalue weighted by molar-refractivity contribution is 0.579. The van der Waals surface area contributed by atoms with Crippen LogP contribution in [0, 0.1) is 0 Å². The molecule has 0 fully saturated rings. The number of nitrogen functional groups attached to an aromatic ring is 1. The zero-order chi connectivity index (χ0) is 11.0. The van der Waals surface area contributed by atoms with Gasteiger partial charge in [-0.15, -0.1) is 0 Å². The van der Waals surface area contributed by atoms with E-state index in [0.29, 0.717) is 6.54 Å².